The average Bonchev–Trinajstić information content (AvgIpc) is 3.26. The number of β-amino-alcohol motifs (C(OH)–C–C–N with tert-alkyl or cyclic N) is 1. The number of benzene rings is 2. The molecular weight excluding hydrogens is 450 g/mol. The van der Waals surface area contributed by atoms with E-state index in [1.54, 1.807) is 6.07 Å². The largest absolute Gasteiger partial charge is 0.481 e. The fraction of sp³-hybridized carbons (Fsp3) is 0.429. The molecule has 1 saturated heterocycles. The molecule has 1 fully saturated rings. The van der Waals surface area contributed by atoms with Crippen LogP contribution in [-0.2, 0) is 16.4 Å². The van der Waals surface area contributed by atoms with Crippen molar-refractivity contribution in [3.05, 3.63) is 58.1 Å². The van der Waals surface area contributed by atoms with E-state index in [1.807, 2.05) is 4.90 Å². The zero-order valence-corrected chi connectivity index (χ0v) is 18.6. The summed E-state index contributed by atoms with van der Waals surface area (Å²) in [6.07, 6.45) is 0.749. The lowest BCUT2D eigenvalue weighted by molar-refractivity contribution is 0.0790. The molecule has 31 heavy (non-hydrogen) atoms. The van der Waals surface area contributed by atoms with E-state index in [4.69, 9.17) is 16.3 Å². The molecule has 0 bridgehead atoms. The second kappa shape index (κ2) is 8.20. The third-order valence-electron chi connectivity index (χ3n) is 5.96. The molecular formula is C21H23ClF2N2O4S. The van der Waals surface area contributed by atoms with Gasteiger partial charge in [-0.25, -0.2) is 17.2 Å². The highest BCUT2D eigenvalue weighted by atomic mass is 35.5. The van der Waals surface area contributed by atoms with Crippen LogP contribution in [0.25, 0.3) is 0 Å². The molecule has 0 aromatic heterocycles. The van der Waals surface area contributed by atoms with Gasteiger partial charge >= 0.3 is 0 Å². The van der Waals surface area contributed by atoms with Gasteiger partial charge in [0.05, 0.1) is 24.1 Å². The molecule has 2 aliphatic rings. The third-order valence-corrected chi connectivity index (χ3v) is 7.38. The zero-order chi connectivity index (χ0) is 22.5. The molecule has 1 unspecified atom stereocenters. The second-order valence-corrected chi connectivity index (χ2v) is 10.5. The van der Waals surface area contributed by atoms with Crippen molar-refractivity contribution in [1.82, 2.24) is 4.90 Å². The van der Waals surface area contributed by atoms with Crippen LogP contribution in [0.3, 0.4) is 0 Å². The van der Waals surface area contributed by atoms with Crippen LogP contribution in [0.15, 0.2) is 30.3 Å². The third kappa shape index (κ3) is 4.37. The van der Waals surface area contributed by atoms with Gasteiger partial charge in [-0.15, -0.1) is 0 Å². The van der Waals surface area contributed by atoms with Crippen molar-refractivity contribution < 1.29 is 27.0 Å². The number of nitrogens with zero attached hydrogens (tertiary/aromatic N) is 2. The summed E-state index contributed by atoms with van der Waals surface area (Å²) in [5, 5.41) is 10.2. The van der Waals surface area contributed by atoms with Crippen molar-refractivity contribution in [1.29, 1.82) is 0 Å². The van der Waals surface area contributed by atoms with E-state index >= 15 is 0 Å². The summed E-state index contributed by atoms with van der Waals surface area (Å²) in [6.45, 7) is 1.02. The number of aliphatic hydroxyl groups excluding tert-OH is 1. The Kier molecular flexibility index (Phi) is 5.89. The summed E-state index contributed by atoms with van der Waals surface area (Å²) in [5.74, 6) is -1.26. The van der Waals surface area contributed by atoms with Gasteiger partial charge in [-0.1, -0.05) is 11.6 Å². The van der Waals surface area contributed by atoms with Crippen LogP contribution in [0.5, 0.6) is 5.75 Å². The predicted molar refractivity (Wildman–Crippen MR) is 114 cm³/mol. The van der Waals surface area contributed by atoms with Gasteiger partial charge in [-0.05, 0) is 42.7 Å². The Morgan fingerprint density at radius 3 is 2.61 bits per heavy atom. The standard InChI is InChI=1S/C21H23ClF2N2O4S/c1-25(31(2,28)29)13-3-4-17(23)20(9-13)30-21-16-7-12(22)8-18(24)15(16)10-19(21)26-6-5-14(27)11-26/h3-4,7-9,14,19,21,27H,5-6,10-11H2,1-2H3/t14?,19-,21-/m0/s1. The average molecular weight is 473 g/mol. The first kappa shape index (κ1) is 22.3. The van der Waals surface area contributed by atoms with Crippen LogP contribution in [0.4, 0.5) is 14.5 Å². The van der Waals surface area contributed by atoms with Crippen molar-refractivity contribution in [2.45, 2.75) is 31.1 Å². The number of hydrogen-bond acceptors (Lipinski definition) is 5. The summed E-state index contributed by atoms with van der Waals surface area (Å²) < 4.78 is 60.1. The Morgan fingerprint density at radius 1 is 1.23 bits per heavy atom. The van der Waals surface area contributed by atoms with Crippen molar-refractivity contribution in [3.8, 4) is 5.75 Å². The smallest absolute Gasteiger partial charge is 0.231 e. The van der Waals surface area contributed by atoms with Gasteiger partial charge in [0.2, 0.25) is 10.0 Å². The first-order valence-electron chi connectivity index (χ1n) is 9.84. The first-order chi connectivity index (χ1) is 14.5. The molecule has 10 heteroatoms. The molecule has 0 amide bonds. The minimum Gasteiger partial charge on any atom is -0.481 e. The highest BCUT2D eigenvalue weighted by Gasteiger charge is 2.42. The summed E-state index contributed by atoms with van der Waals surface area (Å²) in [7, 11) is -2.19. The highest BCUT2D eigenvalue weighted by Crippen LogP contribution is 2.42. The quantitative estimate of drug-likeness (QED) is 0.724. The Balaban J connectivity index is 1.73. The second-order valence-electron chi connectivity index (χ2n) is 8.05. The van der Waals surface area contributed by atoms with Crippen molar-refractivity contribution in [2.24, 2.45) is 0 Å². The van der Waals surface area contributed by atoms with E-state index in [1.165, 1.54) is 25.2 Å². The van der Waals surface area contributed by atoms with Crippen LogP contribution in [0.1, 0.15) is 23.7 Å². The lowest BCUT2D eigenvalue weighted by atomic mass is 10.1. The first-order valence-corrected chi connectivity index (χ1v) is 12.1. The number of ether oxygens (including phenoxy) is 1. The molecule has 1 aliphatic heterocycles. The SMILES string of the molecule is CN(c1ccc(F)c(O[C@H]2c3cc(Cl)cc(F)c3C[C@@H]2N2CCC(O)C2)c1)S(C)(=O)=O. The van der Waals surface area contributed by atoms with Crippen LogP contribution in [-0.4, -0.2) is 57.0 Å². The number of aliphatic hydroxyl groups is 1. The summed E-state index contributed by atoms with van der Waals surface area (Å²) in [4.78, 5) is 2.01. The molecule has 1 N–H and O–H groups in total. The van der Waals surface area contributed by atoms with Crippen molar-refractivity contribution in [3.63, 3.8) is 0 Å². The van der Waals surface area contributed by atoms with E-state index in [-0.39, 0.29) is 22.5 Å². The summed E-state index contributed by atoms with van der Waals surface area (Å²) in [5.41, 5.74) is 1.21. The molecule has 2 aromatic rings. The number of sulfonamides is 1. The number of likely N-dealkylation sites (tertiary alicyclic amines) is 1. The zero-order valence-electron chi connectivity index (χ0n) is 17.1. The van der Waals surface area contributed by atoms with Gasteiger partial charge in [0.15, 0.2) is 11.6 Å². The topological polar surface area (TPSA) is 70.1 Å². The Labute approximate surface area is 185 Å². The van der Waals surface area contributed by atoms with Crippen LogP contribution in [0.2, 0.25) is 5.02 Å². The molecule has 1 heterocycles. The maximum atomic E-state index is 14.6. The highest BCUT2D eigenvalue weighted by molar-refractivity contribution is 7.92. The van der Waals surface area contributed by atoms with Crippen LogP contribution >= 0.6 is 11.6 Å². The van der Waals surface area contributed by atoms with Gasteiger partial charge in [-0.3, -0.25) is 9.21 Å². The van der Waals surface area contributed by atoms with Crippen molar-refractivity contribution in [2.75, 3.05) is 30.7 Å². The summed E-state index contributed by atoms with van der Waals surface area (Å²) in [6, 6.07) is 6.32. The summed E-state index contributed by atoms with van der Waals surface area (Å²) >= 11 is 6.08. The molecule has 2 aromatic carbocycles. The fourth-order valence-electron chi connectivity index (χ4n) is 4.25. The molecule has 0 radical (unpaired) electrons. The lowest BCUT2D eigenvalue weighted by Gasteiger charge is -2.30. The Hall–Kier alpha value is -1.94. The van der Waals surface area contributed by atoms with Gasteiger partial charge in [0.1, 0.15) is 11.9 Å². The maximum Gasteiger partial charge on any atom is 0.231 e. The number of hydrogen-bond donors (Lipinski definition) is 1. The van der Waals surface area contributed by atoms with Gasteiger partial charge in [-0.2, -0.15) is 0 Å². The number of rotatable bonds is 5. The van der Waals surface area contributed by atoms with E-state index in [2.05, 4.69) is 0 Å². The lowest BCUT2D eigenvalue weighted by Crippen LogP contribution is -2.39. The number of halogens is 3. The molecule has 3 atom stereocenters. The van der Waals surface area contributed by atoms with Crippen LogP contribution < -0.4 is 9.04 Å². The van der Waals surface area contributed by atoms with Gasteiger partial charge in [0.25, 0.3) is 0 Å². The van der Waals surface area contributed by atoms with E-state index in [0.29, 0.717) is 37.1 Å². The Bertz CT molecular complexity index is 1110. The Morgan fingerprint density at radius 2 is 1.97 bits per heavy atom. The van der Waals surface area contributed by atoms with Crippen LogP contribution in [0, 0.1) is 11.6 Å². The molecule has 0 spiro atoms. The normalized spacial score (nSPS) is 23.7. The van der Waals surface area contributed by atoms with E-state index < -0.39 is 33.9 Å². The molecule has 4 rings (SSSR count). The minimum atomic E-state index is -3.55. The minimum absolute atomic E-state index is 0.143. The monoisotopic (exact) mass is 472 g/mol. The van der Waals surface area contributed by atoms with Gasteiger partial charge in [0, 0.05) is 36.8 Å². The van der Waals surface area contributed by atoms with E-state index in [9.17, 15) is 22.3 Å². The predicted octanol–water partition coefficient (Wildman–Crippen LogP) is 3.13. The maximum absolute atomic E-state index is 14.6. The molecule has 6 nitrogen and oxygen atoms in total. The molecule has 0 saturated carbocycles. The van der Waals surface area contributed by atoms with E-state index in [0.717, 1.165) is 16.6 Å². The van der Waals surface area contributed by atoms with Crippen molar-refractivity contribution >= 4 is 27.3 Å². The molecule has 168 valence electrons. The number of fused-ring (bicyclic) bond motifs is 1. The number of anilines is 1. The van der Waals surface area contributed by atoms with Gasteiger partial charge < -0.3 is 9.84 Å². The molecule has 1 aliphatic carbocycles. The fourth-order valence-corrected chi connectivity index (χ4v) is 4.96.